The number of rotatable bonds is 2. The average Bonchev–Trinajstić information content (AvgIpc) is 3.81. The van der Waals surface area contributed by atoms with Crippen LogP contribution in [0.15, 0.2) is 83.3 Å². The van der Waals surface area contributed by atoms with Crippen molar-refractivity contribution in [1.82, 2.24) is 0 Å². The summed E-state index contributed by atoms with van der Waals surface area (Å²) in [6.45, 7) is 36.5. The third-order valence-electron chi connectivity index (χ3n) is 19.2. The van der Waals surface area contributed by atoms with E-state index < -0.39 is 0 Å². The van der Waals surface area contributed by atoms with Gasteiger partial charge in [-0.1, -0.05) is 150 Å². The highest BCUT2D eigenvalue weighted by Gasteiger charge is 2.63. The van der Waals surface area contributed by atoms with Crippen LogP contribution in [0, 0.1) is 13.8 Å². The monoisotopic (exact) mass is 888 g/mol. The van der Waals surface area contributed by atoms with Gasteiger partial charge >= 0.3 is 0 Å². The van der Waals surface area contributed by atoms with Crippen LogP contribution in [0.3, 0.4) is 0 Å². The van der Waals surface area contributed by atoms with Crippen molar-refractivity contribution in [2.24, 2.45) is 0 Å². The maximum atomic E-state index is 7.44. The number of hydrogen-bond acceptors (Lipinski definition) is 4. The standard InChI is InChI=1S/C62H74BN3O/c1-37-30-40(57(6,7)8)31-38(2)52(37)64-48-35-42(65-47-25-24-39(56(3,4)5)32-44(47)59(12)26-18-20-28-61(59,65)14)36-49-51(48)63(55-53(64)43-22-16-17-23-50(43)67-55)46-34-41(58(9,10)11)33-45-54(46)66(49)62(15)29-21-19-27-60(45,62)13/h16-17,22-25,30-36H,18-21,26-29H2,1-15H3. The lowest BCUT2D eigenvalue weighted by Gasteiger charge is -2.53. The van der Waals surface area contributed by atoms with Crippen molar-refractivity contribution in [1.29, 1.82) is 0 Å². The van der Waals surface area contributed by atoms with Gasteiger partial charge in [0.05, 0.1) is 28.1 Å². The van der Waals surface area contributed by atoms with Crippen LogP contribution in [-0.2, 0) is 27.1 Å². The van der Waals surface area contributed by atoms with E-state index in [1.165, 1.54) is 128 Å². The van der Waals surface area contributed by atoms with Crippen LogP contribution in [0.1, 0.15) is 180 Å². The number of furan rings is 1. The Morgan fingerprint density at radius 3 is 1.72 bits per heavy atom. The molecule has 0 radical (unpaired) electrons. The Morgan fingerprint density at radius 1 is 0.522 bits per heavy atom. The Kier molecular flexibility index (Phi) is 8.71. The van der Waals surface area contributed by atoms with Crippen molar-refractivity contribution in [2.45, 2.75) is 193 Å². The molecule has 6 aliphatic rings. The number of benzene rings is 5. The number of nitrogens with zero attached hydrogens (tertiary/aromatic N) is 3. The molecule has 4 atom stereocenters. The molecule has 67 heavy (non-hydrogen) atoms. The third-order valence-corrected chi connectivity index (χ3v) is 19.2. The molecule has 0 spiro atoms. The zero-order valence-electron chi connectivity index (χ0n) is 43.5. The summed E-state index contributed by atoms with van der Waals surface area (Å²) in [6, 6.07) is 32.0. The van der Waals surface area contributed by atoms with E-state index in [2.05, 4.69) is 197 Å². The minimum Gasteiger partial charge on any atom is -0.468 e. The Bertz CT molecular complexity index is 3090. The van der Waals surface area contributed by atoms with E-state index in [4.69, 9.17) is 4.42 Å². The summed E-state index contributed by atoms with van der Waals surface area (Å²) in [5, 5.41) is 1.18. The van der Waals surface area contributed by atoms with Gasteiger partial charge in [-0.2, -0.15) is 0 Å². The molecule has 0 amide bonds. The predicted molar refractivity (Wildman–Crippen MR) is 287 cm³/mol. The van der Waals surface area contributed by atoms with Gasteiger partial charge in [0.2, 0.25) is 0 Å². The Morgan fingerprint density at radius 2 is 1.07 bits per heavy atom. The van der Waals surface area contributed by atoms with Gasteiger partial charge in [-0.15, -0.1) is 0 Å². The van der Waals surface area contributed by atoms with Gasteiger partial charge < -0.3 is 19.1 Å². The molecule has 6 aromatic rings. The van der Waals surface area contributed by atoms with Gasteiger partial charge in [0.25, 0.3) is 6.71 Å². The van der Waals surface area contributed by atoms with Crippen molar-refractivity contribution in [3.63, 3.8) is 0 Å². The zero-order chi connectivity index (χ0) is 47.3. The van der Waals surface area contributed by atoms with E-state index in [1.807, 2.05) is 0 Å². The van der Waals surface area contributed by atoms with E-state index in [0.29, 0.717) is 0 Å². The number of fused-ring (bicyclic) bond motifs is 12. The molecule has 4 aliphatic heterocycles. The highest BCUT2D eigenvalue weighted by Crippen LogP contribution is 2.65. The van der Waals surface area contributed by atoms with Crippen molar-refractivity contribution in [2.75, 3.05) is 14.7 Å². The van der Waals surface area contributed by atoms with Gasteiger partial charge in [0.1, 0.15) is 5.58 Å². The van der Waals surface area contributed by atoms with Crippen molar-refractivity contribution in [3.05, 3.63) is 118 Å². The predicted octanol–water partition coefficient (Wildman–Crippen LogP) is 15.0. The maximum absolute atomic E-state index is 7.44. The number of para-hydroxylation sites is 1. The molecule has 2 saturated carbocycles. The number of hydrogen-bond donors (Lipinski definition) is 0. The van der Waals surface area contributed by atoms with Gasteiger partial charge in [-0.25, -0.2) is 0 Å². The van der Waals surface area contributed by atoms with Crippen LogP contribution in [-0.4, -0.2) is 17.8 Å². The van der Waals surface area contributed by atoms with Crippen molar-refractivity contribution >= 4 is 74.1 Å². The van der Waals surface area contributed by atoms with Crippen LogP contribution >= 0.6 is 0 Å². The largest absolute Gasteiger partial charge is 0.468 e. The second kappa shape index (κ2) is 13.5. The summed E-state index contributed by atoms with van der Waals surface area (Å²) in [7, 11) is 0. The molecule has 5 heterocycles. The summed E-state index contributed by atoms with van der Waals surface area (Å²) in [5.74, 6) is 0. The first-order valence-electron chi connectivity index (χ1n) is 26.0. The second-order valence-corrected chi connectivity index (χ2v) is 26.2. The lowest BCUT2D eigenvalue weighted by atomic mass is 9.35. The molecule has 4 nitrogen and oxygen atoms in total. The lowest BCUT2D eigenvalue weighted by molar-refractivity contribution is 0.194. The molecule has 2 aliphatic carbocycles. The van der Waals surface area contributed by atoms with E-state index in [9.17, 15) is 0 Å². The molecule has 0 saturated heterocycles. The molecular weight excluding hydrogens is 814 g/mol. The highest BCUT2D eigenvalue weighted by molar-refractivity contribution is 7.00. The Labute approximate surface area is 402 Å². The first-order chi connectivity index (χ1) is 31.4. The number of anilines is 7. The minimum absolute atomic E-state index is 0.00574. The minimum atomic E-state index is -0.108. The molecule has 4 unspecified atom stereocenters. The van der Waals surface area contributed by atoms with E-state index in [0.717, 1.165) is 24.1 Å². The molecule has 2 fully saturated rings. The molecule has 1 aromatic heterocycles. The van der Waals surface area contributed by atoms with Gasteiger partial charge in [0, 0.05) is 44.7 Å². The normalized spacial score (nSPS) is 26.1. The zero-order valence-corrected chi connectivity index (χ0v) is 43.5. The smallest absolute Gasteiger partial charge is 0.297 e. The summed E-state index contributed by atoms with van der Waals surface area (Å²) in [5.41, 5.74) is 23.9. The van der Waals surface area contributed by atoms with E-state index in [1.54, 1.807) is 5.56 Å². The van der Waals surface area contributed by atoms with Gasteiger partial charge in [0.15, 0.2) is 0 Å². The van der Waals surface area contributed by atoms with Crippen molar-refractivity contribution in [3.8, 4) is 0 Å². The van der Waals surface area contributed by atoms with Gasteiger partial charge in [-0.3, -0.25) is 0 Å². The molecule has 5 heteroatoms. The highest BCUT2D eigenvalue weighted by atomic mass is 16.3. The third kappa shape index (κ3) is 5.49. The molecule has 12 rings (SSSR count). The Balaban J connectivity index is 1.24. The maximum Gasteiger partial charge on any atom is 0.297 e. The fraction of sp³-hybridized carbons (Fsp3) is 0.484. The van der Waals surface area contributed by atoms with Crippen LogP contribution in [0.5, 0.6) is 0 Å². The first-order valence-corrected chi connectivity index (χ1v) is 26.0. The van der Waals surface area contributed by atoms with E-state index in [-0.39, 0.29) is 44.9 Å². The molecule has 0 N–H and O–H groups in total. The molecular formula is C62H74BN3O. The summed E-state index contributed by atoms with van der Waals surface area (Å²) < 4.78 is 7.44. The first kappa shape index (κ1) is 43.4. The SMILES string of the molecule is Cc1cc(C(C)(C)C)cc(C)c1N1c2cc(N3c4ccc(C(C)(C)C)cc4C4(C)CCCCC34C)cc3c2B(c2cc(C(C)(C)C)cc4c2N3C2(C)CCCCC42C)c2oc3ccccc3c21. The fourth-order valence-corrected chi connectivity index (χ4v) is 14.9. The average molecular weight is 888 g/mol. The number of aryl methyl sites for hydroxylation is 2. The quantitative estimate of drug-likeness (QED) is 0.161. The topological polar surface area (TPSA) is 22.9 Å². The van der Waals surface area contributed by atoms with Crippen LogP contribution in [0.25, 0.3) is 11.0 Å². The lowest BCUT2D eigenvalue weighted by Crippen LogP contribution is -2.64. The molecule has 346 valence electrons. The summed E-state index contributed by atoms with van der Waals surface area (Å²) in [4.78, 5) is 8.48. The Hall–Kier alpha value is -4.90. The van der Waals surface area contributed by atoms with Crippen LogP contribution in [0.4, 0.5) is 39.8 Å². The van der Waals surface area contributed by atoms with Crippen LogP contribution < -0.4 is 31.3 Å². The molecule has 5 aromatic carbocycles. The fourth-order valence-electron chi connectivity index (χ4n) is 14.9. The van der Waals surface area contributed by atoms with Gasteiger partial charge in [-0.05, 0) is 150 Å². The van der Waals surface area contributed by atoms with Crippen LogP contribution in [0.2, 0.25) is 0 Å². The second-order valence-electron chi connectivity index (χ2n) is 26.2. The molecule has 0 bridgehead atoms. The van der Waals surface area contributed by atoms with Crippen molar-refractivity contribution < 1.29 is 4.42 Å². The summed E-state index contributed by atoms with van der Waals surface area (Å²) >= 11 is 0. The summed E-state index contributed by atoms with van der Waals surface area (Å²) in [6.07, 6.45) is 9.73. The van der Waals surface area contributed by atoms with E-state index >= 15 is 0 Å².